The lowest BCUT2D eigenvalue weighted by molar-refractivity contribution is 0.387. The van der Waals surface area contributed by atoms with Gasteiger partial charge in [-0.2, -0.15) is 10.1 Å². The number of nitrogens with one attached hydrogen (secondary N) is 1. The van der Waals surface area contributed by atoms with Crippen molar-refractivity contribution in [3.05, 3.63) is 71.0 Å². The minimum Gasteiger partial charge on any atom is -0.497 e. The second kappa shape index (κ2) is 6.72. The largest absolute Gasteiger partial charge is 0.497 e. The Kier molecular flexibility index (Phi) is 4.26. The van der Waals surface area contributed by atoms with Gasteiger partial charge in [-0.05, 0) is 35.9 Å². The van der Waals surface area contributed by atoms with E-state index in [1.165, 1.54) is 6.33 Å². The minimum absolute atomic E-state index is 0.166. The van der Waals surface area contributed by atoms with E-state index < -0.39 is 0 Å². The van der Waals surface area contributed by atoms with E-state index in [0.717, 1.165) is 28.3 Å². The summed E-state index contributed by atoms with van der Waals surface area (Å²) in [7, 11) is 3.28. The van der Waals surface area contributed by atoms with Crippen molar-refractivity contribution < 1.29 is 9.47 Å². The van der Waals surface area contributed by atoms with E-state index in [9.17, 15) is 0 Å². The molecule has 0 saturated heterocycles. The van der Waals surface area contributed by atoms with Gasteiger partial charge < -0.3 is 14.8 Å². The van der Waals surface area contributed by atoms with Gasteiger partial charge in [0.25, 0.3) is 0 Å². The Labute approximate surface area is 156 Å². The Hall–Kier alpha value is -2.99. The summed E-state index contributed by atoms with van der Waals surface area (Å²) in [6.45, 7) is 0. The zero-order valence-electron chi connectivity index (χ0n) is 14.3. The van der Waals surface area contributed by atoms with Gasteiger partial charge in [0.15, 0.2) is 0 Å². The summed E-state index contributed by atoms with van der Waals surface area (Å²) in [6.07, 6.45) is 3.62. The monoisotopic (exact) mass is 368 g/mol. The second-order valence-corrected chi connectivity index (χ2v) is 6.23. The number of halogens is 1. The Morgan fingerprint density at radius 1 is 1.08 bits per heavy atom. The average molecular weight is 369 g/mol. The summed E-state index contributed by atoms with van der Waals surface area (Å²) in [5, 5.41) is 8.38. The maximum atomic E-state index is 6.01. The fourth-order valence-corrected chi connectivity index (χ4v) is 3.14. The molecule has 1 aliphatic heterocycles. The van der Waals surface area contributed by atoms with Crippen LogP contribution in [0.15, 0.2) is 54.9 Å². The summed E-state index contributed by atoms with van der Waals surface area (Å²) < 4.78 is 12.7. The first kappa shape index (κ1) is 16.5. The van der Waals surface area contributed by atoms with Crippen LogP contribution >= 0.6 is 11.6 Å². The van der Waals surface area contributed by atoms with Crippen molar-refractivity contribution in [2.24, 2.45) is 0 Å². The first-order chi connectivity index (χ1) is 12.7. The fourth-order valence-electron chi connectivity index (χ4n) is 3.02. The van der Waals surface area contributed by atoms with E-state index in [-0.39, 0.29) is 6.04 Å². The van der Waals surface area contributed by atoms with Gasteiger partial charge in [0, 0.05) is 22.3 Å². The molecule has 132 valence electrons. The van der Waals surface area contributed by atoms with Crippen LogP contribution in [0.25, 0.3) is 5.70 Å². The Bertz CT molecular complexity index is 966. The minimum atomic E-state index is -0.166. The van der Waals surface area contributed by atoms with Crippen LogP contribution in [0.4, 0.5) is 5.95 Å². The van der Waals surface area contributed by atoms with Crippen molar-refractivity contribution in [3.63, 3.8) is 0 Å². The predicted molar refractivity (Wildman–Crippen MR) is 101 cm³/mol. The lowest BCUT2D eigenvalue weighted by Crippen LogP contribution is -2.20. The highest BCUT2D eigenvalue weighted by Crippen LogP contribution is 2.37. The van der Waals surface area contributed by atoms with Gasteiger partial charge in [-0.3, -0.25) is 0 Å². The second-order valence-electron chi connectivity index (χ2n) is 5.79. The van der Waals surface area contributed by atoms with Crippen LogP contribution in [0.3, 0.4) is 0 Å². The van der Waals surface area contributed by atoms with E-state index in [0.29, 0.717) is 11.0 Å². The molecule has 4 rings (SSSR count). The molecule has 1 aliphatic rings. The zero-order valence-corrected chi connectivity index (χ0v) is 15.1. The van der Waals surface area contributed by atoms with Crippen LogP contribution in [-0.4, -0.2) is 29.0 Å². The smallest absolute Gasteiger partial charge is 0.226 e. The molecule has 0 aliphatic carbocycles. The topological polar surface area (TPSA) is 61.2 Å². The lowest BCUT2D eigenvalue weighted by Gasteiger charge is -2.25. The summed E-state index contributed by atoms with van der Waals surface area (Å²) in [5.41, 5.74) is 2.92. The molecule has 3 aromatic rings. The number of aromatic nitrogens is 3. The van der Waals surface area contributed by atoms with Gasteiger partial charge in [0.05, 0.1) is 14.2 Å². The lowest BCUT2D eigenvalue weighted by atomic mass is 10.0. The van der Waals surface area contributed by atoms with E-state index in [2.05, 4.69) is 21.5 Å². The first-order valence-electron chi connectivity index (χ1n) is 8.06. The van der Waals surface area contributed by atoms with Crippen LogP contribution in [0.1, 0.15) is 17.2 Å². The molecule has 26 heavy (non-hydrogen) atoms. The van der Waals surface area contributed by atoms with Gasteiger partial charge in [-0.25, -0.2) is 4.68 Å². The molecule has 0 saturated carbocycles. The Morgan fingerprint density at radius 2 is 1.88 bits per heavy atom. The quantitative estimate of drug-likeness (QED) is 0.754. The molecule has 2 aromatic carbocycles. The third-order valence-corrected chi connectivity index (χ3v) is 4.57. The zero-order chi connectivity index (χ0) is 18.1. The van der Waals surface area contributed by atoms with Crippen molar-refractivity contribution in [3.8, 4) is 11.5 Å². The predicted octanol–water partition coefficient (Wildman–Crippen LogP) is 4.00. The van der Waals surface area contributed by atoms with Crippen molar-refractivity contribution in [1.82, 2.24) is 14.8 Å². The standard InChI is InChI=1S/C19H17ClN4O2/c1-25-14-7-8-15(18(9-14)26-2)17-10-16(12-3-5-13(20)6-4-12)23-19-21-11-22-24(17)19/h3-11,17H,1-2H3,(H,21,22,23). The molecule has 0 fully saturated rings. The third-order valence-electron chi connectivity index (χ3n) is 4.32. The van der Waals surface area contributed by atoms with Crippen molar-refractivity contribution in [1.29, 1.82) is 0 Å². The molecule has 0 amide bonds. The van der Waals surface area contributed by atoms with Crippen LogP contribution in [-0.2, 0) is 0 Å². The van der Waals surface area contributed by atoms with E-state index in [1.807, 2.05) is 47.1 Å². The maximum absolute atomic E-state index is 6.01. The van der Waals surface area contributed by atoms with E-state index >= 15 is 0 Å². The van der Waals surface area contributed by atoms with Crippen LogP contribution in [0, 0.1) is 0 Å². The summed E-state index contributed by atoms with van der Waals surface area (Å²) >= 11 is 6.01. The molecule has 0 bridgehead atoms. The normalized spacial score (nSPS) is 15.7. The molecule has 2 heterocycles. The molecule has 7 heteroatoms. The number of benzene rings is 2. The molecular formula is C19H17ClN4O2. The van der Waals surface area contributed by atoms with Crippen molar-refractivity contribution in [2.75, 3.05) is 19.5 Å². The van der Waals surface area contributed by atoms with Crippen LogP contribution in [0.5, 0.6) is 11.5 Å². The molecule has 0 spiro atoms. The molecule has 1 N–H and O–H groups in total. The number of allylic oxidation sites excluding steroid dienone is 1. The number of rotatable bonds is 4. The molecule has 1 unspecified atom stereocenters. The molecule has 0 radical (unpaired) electrons. The van der Waals surface area contributed by atoms with Crippen LogP contribution in [0.2, 0.25) is 5.02 Å². The number of ether oxygens (including phenoxy) is 2. The van der Waals surface area contributed by atoms with Gasteiger partial charge in [-0.1, -0.05) is 23.7 Å². The highest BCUT2D eigenvalue weighted by atomic mass is 35.5. The van der Waals surface area contributed by atoms with Crippen molar-refractivity contribution in [2.45, 2.75) is 6.04 Å². The van der Waals surface area contributed by atoms with Gasteiger partial charge in [0.2, 0.25) is 5.95 Å². The molecule has 1 aromatic heterocycles. The van der Waals surface area contributed by atoms with Gasteiger partial charge in [0.1, 0.15) is 23.9 Å². The first-order valence-corrected chi connectivity index (χ1v) is 8.43. The highest BCUT2D eigenvalue weighted by Gasteiger charge is 2.26. The molecule has 6 nitrogen and oxygen atoms in total. The van der Waals surface area contributed by atoms with Gasteiger partial charge >= 0.3 is 0 Å². The third kappa shape index (κ3) is 2.88. The molecule has 1 atom stereocenters. The number of nitrogens with zero attached hydrogens (tertiary/aromatic N) is 3. The fraction of sp³-hybridized carbons (Fsp3) is 0.158. The maximum Gasteiger partial charge on any atom is 0.226 e. The Morgan fingerprint density at radius 3 is 2.62 bits per heavy atom. The van der Waals surface area contributed by atoms with Gasteiger partial charge in [-0.15, -0.1) is 0 Å². The summed E-state index contributed by atoms with van der Waals surface area (Å²) in [6, 6.07) is 13.2. The number of hydrogen-bond acceptors (Lipinski definition) is 5. The van der Waals surface area contributed by atoms with Crippen LogP contribution < -0.4 is 14.8 Å². The number of fused-ring (bicyclic) bond motifs is 1. The SMILES string of the molecule is COc1ccc(C2C=C(c3ccc(Cl)cc3)Nc3ncnn32)c(OC)c1. The summed E-state index contributed by atoms with van der Waals surface area (Å²) in [4.78, 5) is 4.32. The number of anilines is 1. The van der Waals surface area contributed by atoms with Crippen molar-refractivity contribution >= 4 is 23.2 Å². The number of hydrogen-bond donors (Lipinski definition) is 1. The summed E-state index contributed by atoms with van der Waals surface area (Å²) in [5.74, 6) is 2.13. The van der Waals surface area contributed by atoms with E-state index in [1.54, 1.807) is 14.2 Å². The highest BCUT2D eigenvalue weighted by molar-refractivity contribution is 6.30. The Balaban J connectivity index is 1.82. The number of methoxy groups -OCH3 is 2. The average Bonchev–Trinajstić information content (AvgIpc) is 3.16. The molecular weight excluding hydrogens is 352 g/mol. The van der Waals surface area contributed by atoms with E-state index in [4.69, 9.17) is 21.1 Å².